The van der Waals surface area contributed by atoms with Crippen LogP contribution in [0.5, 0.6) is 11.5 Å². The molecule has 2 aromatic carbocycles. The lowest BCUT2D eigenvalue weighted by molar-refractivity contribution is -0.137. The van der Waals surface area contributed by atoms with Gasteiger partial charge in [-0.05, 0) is 72.9 Å². The van der Waals surface area contributed by atoms with Gasteiger partial charge in [-0.2, -0.15) is 13.5 Å². The van der Waals surface area contributed by atoms with Crippen molar-refractivity contribution in [1.82, 2.24) is 5.16 Å². The molecule has 188 valence electrons. The molecule has 8 heteroatoms. The second-order valence-electron chi connectivity index (χ2n) is 9.28. The summed E-state index contributed by atoms with van der Waals surface area (Å²) in [5, 5.41) is 13.5. The van der Waals surface area contributed by atoms with Gasteiger partial charge >= 0.3 is 5.97 Å². The molecule has 1 fully saturated rings. The summed E-state index contributed by atoms with van der Waals surface area (Å²) >= 11 is 0. The topological polar surface area (TPSA) is 81.8 Å². The summed E-state index contributed by atoms with van der Waals surface area (Å²) in [4.78, 5) is 11.3. The number of halogens is 1. The summed E-state index contributed by atoms with van der Waals surface area (Å²) < 4.78 is 31.5. The van der Waals surface area contributed by atoms with Crippen molar-refractivity contribution in [3.05, 3.63) is 65.1 Å². The minimum absolute atomic E-state index is 0. The standard InChI is InChI=1S/C27H30FNO5.H2S/c1-16(2)11-23-25(29-34-27(23)22-13-19(32-3)9-10-24(22)28)15-33-20-6-4-5-18(12-20)21(14-26(30)31)17-7-8-17;/h4-6,9-10,12-13,16-17,21H,7-8,11,14-15H2,1-3H3,(H,30,31);1H2/t21-;/m0./s1. The van der Waals surface area contributed by atoms with Crippen LogP contribution < -0.4 is 9.47 Å². The van der Waals surface area contributed by atoms with E-state index >= 15 is 0 Å². The first kappa shape index (κ1) is 26.6. The van der Waals surface area contributed by atoms with E-state index in [9.17, 15) is 14.3 Å². The van der Waals surface area contributed by atoms with Gasteiger partial charge in [0.05, 0.1) is 19.1 Å². The average Bonchev–Trinajstić information content (AvgIpc) is 3.58. The molecule has 1 aliphatic rings. The predicted octanol–water partition coefficient (Wildman–Crippen LogP) is 6.35. The predicted molar refractivity (Wildman–Crippen MR) is 136 cm³/mol. The Morgan fingerprint density at radius 1 is 1.20 bits per heavy atom. The molecule has 0 unspecified atom stereocenters. The van der Waals surface area contributed by atoms with Crippen LogP contribution in [0.25, 0.3) is 11.3 Å². The molecule has 1 saturated carbocycles. The number of nitrogens with zero attached hydrogens (tertiary/aromatic N) is 1. The lowest BCUT2D eigenvalue weighted by atomic mass is 9.91. The van der Waals surface area contributed by atoms with Gasteiger partial charge in [0.15, 0.2) is 5.76 Å². The van der Waals surface area contributed by atoms with Crippen LogP contribution in [0.4, 0.5) is 4.39 Å². The number of carboxylic acid groups (broad SMARTS) is 1. The van der Waals surface area contributed by atoms with Crippen molar-refractivity contribution in [2.75, 3.05) is 7.11 Å². The van der Waals surface area contributed by atoms with E-state index in [1.165, 1.54) is 13.2 Å². The summed E-state index contributed by atoms with van der Waals surface area (Å²) in [5.41, 5.74) is 2.70. The van der Waals surface area contributed by atoms with Gasteiger partial charge in [0.25, 0.3) is 0 Å². The first-order valence-electron chi connectivity index (χ1n) is 11.6. The maximum Gasteiger partial charge on any atom is 0.303 e. The number of aliphatic carboxylic acids is 1. The zero-order valence-corrected chi connectivity index (χ0v) is 21.2. The van der Waals surface area contributed by atoms with Gasteiger partial charge in [-0.25, -0.2) is 4.39 Å². The smallest absolute Gasteiger partial charge is 0.303 e. The fourth-order valence-electron chi connectivity index (χ4n) is 4.32. The van der Waals surface area contributed by atoms with Crippen LogP contribution in [-0.4, -0.2) is 23.3 Å². The molecule has 1 aromatic heterocycles. The number of hydrogen-bond acceptors (Lipinski definition) is 5. The van der Waals surface area contributed by atoms with E-state index < -0.39 is 11.8 Å². The number of carboxylic acids is 1. The van der Waals surface area contributed by atoms with E-state index in [0.29, 0.717) is 46.8 Å². The third kappa shape index (κ3) is 6.57. The van der Waals surface area contributed by atoms with Gasteiger partial charge in [-0.3, -0.25) is 4.79 Å². The number of hydrogen-bond donors (Lipinski definition) is 1. The molecule has 0 saturated heterocycles. The first-order chi connectivity index (χ1) is 16.4. The Balaban J connectivity index is 0.00000342. The fourth-order valence-corrected chi connectivity index (χ4v) is 4.32. The van der Waals surface area contributed by atoms with Crippen molar-refractivity contribution >= 4 is 19.5 Å². The van der Waals surface area contributed by atoms with Crippen LogP contribution in [0.3, 0.4) is 0 Å². The molecule has 1 heterocycles. The number of ether oxygens (including phenoxy) is 2. The highest BCUT2D eigenvalue weighted by atomic mass is 32.1. The summed E-state index contributed by atoms with van der Waals surface area (Å²) in [6, 6.07) is 12.1. The maximum atomic E-state index is 14.6. The molecule has 0 bridgehead atoms. The SMILES string of the molecule is COc1ccc(F)c(-c2onc(COc3cccc([C@@H](CC(=O)O)C4CC4)c3)c2CC(C)C)c1.S. The third-order valence-corrected chi connectivity index (χ3v) is 6.15. The lowest BCUT2D eigenvalue weighted by Crippen LogP contribution is -2.09. The van der Waals surface area contributed by atoms with Crippen molar-refractivity contribution in [2.45, 2.75) is 52.1 Å². The van der Waals surface area contributed by atoms with E-state index in [2.05, 4.69) is 19.0 Å². The van der Waals surface area contributed by atoms with E-state index in [1.54, 1.807) is 12.1 Å². The Morgan fingerprint density at radius 3 is 2.63 bits per heavy atom. The molecule has 3 aromatic rings. The molecule has 1 aliphatic carbocycles. The van der Waals surface area contributed by atoms with Gasteiger partial charge in [0, 0.05) is 5.56 Å². The van der Waals surface area contributed by atoms with Gasteiger partial charge in [-0.15, -0.1) is 0 Å². The second-order valence-corrected chi connectivity index (χ2v) is 9.28. The van der Waals surface area contributed by atoms with Crippen LogP contribution in [0.15, 0.2) is 47.0 Å². The summed E-state index contributed by atoms with van der Waals surface area (Å²) in [7, 11) is 1.53. The minimum atomic E-state index is -0.790. The zero-order valence-electron chi connectivity index (χ0n) is 20.2. The monoisotopic (exact) mass is 501 g/mol. The molecule has 4 rings (SSSR count). The first-order valence-corrected chi connectivity index (χ1v) is 11.6. The molecule has 0 amide bonds. The van der Waals surface area contributed by atoms with Gasteiger partial charge in [0.2, 0.25) is 0 Å². The van der Waals surface area contributed by atoms with Crippen molar-refractivity contribution in [3.8, 4) is 22.8 Å². The molecule has 35 heavy (non-hydrogen) atoms. The minimum Gasteiger partial charge on any atom is -0.497 e. The number of benzene rings is 2. The van der Waals surface area contributed by atoms with Crippen molar-refractivity contribution < 1.29 is 28.3 Å². The Morgan fingerprint density at radius 2 is 1.97 bits per heavy atom. The van der Waals surface area contributed by atoms with Crippen LogP contribution in [0.1, 0.15) is 55.8 Å². The molecule has 1 atom stereocenters. The Labute approximate surface area is 211 Å². The van der Waals surface area contributed by atoms with E-state index in [-0.39, 0.29) is 32.4 Å². The van der Waals surface area contributed by atoms with E-state index in [1.807, 2.05) is 24.3 Å². The van der Waals surface area contributed by atoms with Crippen LogP contribution >= 0.6 is 13.5 Å². The molecular formula is C27H32FNO5S. The van der Waals surface area contributed by atoms with Gasteiger partial charge < -0.3 is 19.1 Å². The molecule has 0 radical (unpaired) electrons. The van der Waals surface area contributed by atoms with Crippen molar-refractivity contribution in [3.63, 3.8) is 0 Å². The highest BCUT2D eigenvalue weighted by molar-refractivity contribution is 7.59. The highest BCUT2D eigenvalue weighted by Gasteiger charge is 2.34. The highest BCUT2D eigenvalue weighted by Crippen LogP contribution is 2.45. The Hall–Kier alpha value is -3.00. The largest absolute Gasteiger partial charge is 0.497 e. The number of carbonyl (C=O) groups is 1. The van der Waals surface area contributed by atoms with Crippen molar-refractivity contribution in [1.29, 1.82) is 0 Å². The Bertz CT molecular complexity index is 1160. The lowest BCUT2D eigenvalue weighted by Gasteiger charge is -2.16. The third-order valence-electron chi connectivity index (χ3n) is 6.15. The van der Waals surface area contributed by atoms with Crippen LogP contribution in [0.2, 0.25) is 0 Å². The van der Waals surface area contributed by atoms with Gasteiger partial charge in [-0.1, -0.05) is 31.1 Å². The van der Waals surface area contributed by atoms with E-state index in [0.717, 1.165) is 24.0 Å². The quantitative estimate of drug-likeness (QED) is 0.330. The number of rotatable bonds is 11. The second kappa shape index (κ2) is 11.6. The van der Waals surface area contributed by atoms with Crippen LogP contribution in [0, 0.1) is 17.7 Å². The summed E-state index contributed by atoms with van der Waals surface area (Å²) in [6.45, 7) is 4.31. The molecule has 0 aliphatic heterocycles. The summed E-state index contributed by atoms with van der Waals surface area (Å²) in [6.07, 6.45) is 2.89. The van der Waals surface area contributed by atoms with Gasteiger partial charge in [0.1, 0.15) is 29.6 Å². The number of aromatic nitrogens is 1. The Kier molecular flexibility index (Phi) is 8.83. The normalized spacial score (nSPS) is 13.9. The van der Waals surface area contributed by atoms with E-state index in [4.69, 9.17) is 14.0 Å². The molecule has 0 spiro atoms. The molecular weight excluding hydrogens is 469 g/mol. The average molecular weight is 502 g/mol. The number of methoxy groups -OCH3 is 1. The zero-order chi connectivity index (χ0) is 24.2. The van der Waals surface area contributed by atoms with Crippen LogP contribution in [-0.2, 0) is 17.8 Å². The maximum absolute atomic E-state index is 14.6. The summed E-state index contributed by atoms with van der Waals surface area (Å²) in [5.74, 6) is 1.06. The van der Waals surface area contributed by atoms with Crippen molar-refractivity contribution in [2.24, 2.45) is 11.8 Å². The fraction of sp³-hybridized carbons (Fsp3) is 0.407. The molecule has 6 nitrogen and oxygen atoms in total. The molecule has 1 N–H and O–H groups in total.